The van der Waals surface area contributed by atoms with Gasteiger partial charge in [0.15, 0.2) is 0 Å². The third-order valence-corrected chi connectivity index (χ3v) is 5.92. The molecule has 1 aromatic heterocycles. The predicted octanol–water partition coefficient (Wildman–Crippen LogP) is 4.64. The molecule has 25 heavy (non-hydrogen) atoms. The first kappa shape index (κ1) is 16.4. The fourth-order valence-electron chi connectivity index (χ4n) is 3.00. The molecule has 0 saturated carbocycles. The Labute approximate surface area is 155 Å². The molecule has 1 fully saturated rings. The predicted molar refractivity (Wildman–Crippen MR) is 104 cm³/mol. The van der Waals surface area contributed by atoms with Gasteiger partial charge in [0.25, 0.3) is 5.91 Å². The molecule has 128 valence electrons. The Morgan fingerprint density at radius 1 is 1.08 bits per heavy atom. The van der Waals surface area contributed by atoms with Crippen LogP contribution in [0.4, 0.5) is 11.4 Å². The Hall–Kier alpha value is -2.08. The minimum absolute atomic E-state index is 0.174. The molecular weight excluding hydrogens is 356 g/mol. The van der Waals surface area contributed by atoms with Crippen LogP contribution in [0.5, 0.6) is 0 Å². The molecule has 1 saturated heterocycles. The highest BCUT2D eigenvalue weighted by atomic mass is 35.5. The molecule has 6 heteroatoms. The molecule has 1 N–H and O–H groups in total. The number of carbonyl (C=O) groups is 1. The van der Waals surface area contributed by atoms with E-state index in [9.17, 15) is 4.79 Å². The van der Waals surface area contributed by atoms with E-state index in [1.165, 1.54) is 11.3 Å². The molecule has 1 aliphatic rings. The van der Waals surface area contributed by atoms with Gasteiger partial charge in [0.2, 0.25) is 0 Å². The molecule has 1 aliphatic heterocycles. The van der Waals surface area contributed by atoms with Crippen LogP contribution in [0.1, 0.15) is 9.67 Å². The maximum absolute atomic E-state index is 12.8. The molecule has 0 spiro atoms. The van der Waals surface area contributed by atoms with Crippen molar-refractivity contribution in [2.45, 2.75) is 0 Å². The van der Waals surface area contributed by atoms with Crippen LogP contribution in [-0.2, 0) is 4.74 Å². The van der Waals surface area contributed by atoms with Crippen molar-refractivity contribution >= 4 is 50.3 Å². The largest absolute Gasteiger partial charge is 0.378 e. The number of ether oxygens (including phenoxy) is 1. The number of benzene rings is 2. The number of rotatable bonds is 3. The number of halogens is 1. The molecule has 0 atom stereocenters. The maximum atomic E-state index is 12.8. The number of hydrogen-bond donors (Lipinski definition) is 1. The van der Waals surface area contributed by atoms with E-state index in [1.54, 1.807) is 0 Å². The number of hydrogen-bond acceptors (Lipinski definition) is 4. The standard InChI is InChI=1S/C19H17ClN2O2S/c20-17-13-5-1-4-8-16(13)25-18(17)19(23)21-14-6-2-3-7-15(14)22-9-11-24-12-10-22/h1-8H,9-12H2,(H,21,23). The first-order chi connectivity index (χ1) is 12.2. The fourth-order valence-corrected chi connectivity index (χ4v) is 4.41. The minimum Gasteiger partial charge on any atom is -0.378 e. The van der Waals surface area contributed by atoms with Crippen LogP contribution in [0.3, 0.4) is 0 Å². The average Bonchev–Trinajstić information content (AvgIpc) is 3.00. The van der Waals surface area contributed by atoms with Crippen molar-refractivity contribution in [2.24, 2.45) is 0 Å². The minimum atomic E-state index is -0.174. The lowest BCUT2D eigenvalue weighted by Gasteiger charge is -2.30. The summed E-state index contributed by atoms with van der Waals surface area (Å²) in [6.07, 6.45) is 0. The number of thiophene rings is 1. The van der Waals surface area contributed by atoms with E-state index in [4.69, 9.17) is 16.3 Å². The molecule has 0 radical (unpaired) electrons. The summed E-state index contributed by atoms with van der Waals surface area (Å²) in [5.41, 5.74) is 1.80. The van der Waals surface area contributed by atoms with Crippen molar-refractivity contribution in [1.82, 2.24) is 0 Å². The van der Waals surface area contributed by atoms with Crippen LogP contribution in [0.15, 0.2) is 48.5 Å². The number of nitrogens with zero attached hydrogens (tertiary/aromatic N) is 1. The zero-order valence-electron chi connectivity index (χ0n) is 13.5. The molecule has 2 heterocycles. The Balaban J connectivity index is 1.63. The summed E-state index contributed by atoms with van der Waals surface area (Å²) in [7, 11) is 0. The van der Waals surface area contributed by atoms with Crippen LogP contribution in [0.2, 0.25) is 5.02 Å². The summed E-state index contributed by atoms with van der Waals surface area (Å²) in [4.78, 5) is 15.6. The first-order valence-corrected chi connectivity index (χ1v) is 9.33. The highest BCUT2D eigenvalue weighted by Gasteiger charge is 2.20. The van der Waals surface area contributed by atoms with Gasteiger partial charge in [-0.2, -0.15) is 0 Å². The van der Waals surface area contributed by atoms with Gasteiger partial charge in [0, 0.05) is 23.2 Å². The van der Waals surface area contributed by atoms with E-state index in [1.807, 2.05) is 48.5 Å². The summed E-state index contributed by atoms with van der Waals surface area (Å²) in [6, 6.07) is 15.6. The van der Waals surface area contributed by atoms with Gasteiger partial charge in [0.05, 0.1) is 29.6 Å². The Morgan fingerprint density at radius 2 is 1.80 bits per heavy atom. The lowest BCUT2D eigenvalue weighted by molar-refractivity contribution is 0.103. The van der Waals surface area contributed by atoms with Crippen LogP contribution in [-0.4, -0.2) is 32.2 Å². The van der Waals surface area contributed by atoms with Crippen LogP contribution in [0, 0.1) is 0 Å². The summed E-state index contributed by atoms with van der Waals surface area (Å²) >= 11 is 7.84. The Morgan fingerprint density at radius 3 is 2.60 bits per heavy atom. The lowest BCUT2D eigenvalue weighted by Crippen LogP contribution is -2.36. The van der Waals surface area contributed by atoms with Crippen molar-refractivity contribution in [3.8, 4) is 0 Å². The highest BCUT2D eigenvalue weighted by molar-refractivity contribution is 7.21. The number of morpholine rings is 1. The van der Waals surface area contributed by atoms with Gasteiger partial charge in [-0.05, 0) is 18.2 Å². The smallest absolute Gasteiger partial charge is 0.267 e. The Bertz CT molecular complexity index is 919. The number of fused-ring (bicyclic) bond motifs is 1. The van der Waals surface area contributed by atoms with Crippen molar-refractivity contribution in [3.63, 3.8) is 0 Å². The summed E-state index contributed by atoms with van der Waals surface area (Å²) in [6.45, 7) is 3.03. The molecular formula is C19H17ClN2O2S. The van der Waals surface area contributed by atoms with Crippen molar-refractivity contribution < 1.29 is 9.53 Å². The summed E-state index contributed by atoms with van der Waals surface area (Å²) in [5, 5.41) is 4.46. The van der Waals surface area contributed by atoms with Gasteiger partial charge in [-0.15, -0.1) is 11.3 Å². The quantitative estimate of drug-likeness (QED) is 0.728. The van der Waals surface area contributed by atoms with Crippen LogP contribution in [0.25, 0.3) is 10.1 Å². The van der Waals surface area contributed by atoms with Gasteiger partial charge in [0.1, 0.15) is 4.88 Å². The second kappa shape index (κ2) is 7.04. The average molecular weight is 373 g/mol. The van der Waals surface area contributed by atoms with E-state index in [2.05, 4.69) is 10.2 Å². The van der Waals surface area contributed by atoms with Gasteiger partial charge in [-0.3, -0.25) is 4.79 Å². The number of amides is 1. The molecule has 1 amide bonds. The van der Waals surface area contributed by atoms with E-state index < -0.39 is 0 Å². The van der Waals surface area contributed by atoms with E-state index in [-0.39, 0.29) is 5.91 Å². The third-order valence-electron chi connectivity index (χ3n) is 4.25. The van der Waals surface area contributed by atoms with Gasteiger partial charge >= 0.3 is 0 Å². The summed E-state index contributed by atoms with van der Waals surface area (Å²) < 4.78 is 6.43. The molecule has 0 bridgehead atoms. The van der Waals surface area contributed by atoms with E-state index in [0.717, 1.165) is 34.6 Å². The fraction of sp³-hybridized carbons (Fsp3) is 0.211. The molecule has 0 aliphatic carbocycles. The van der Waals surface area contributed by atoms with Crippen LogP contribution < -0.4 is 10.2 Å². The van der Waals surface area contributed by atoms with E-state index >= 15 is 0 Å². The van der Waals surface area contributed by atoms with E-state index in [0.29, 0.717) is 23.1 Å². The van der Waals surface area contributed by atoms with Gasteiger partial charge in [-0.1, -0.05) is 41.9 Å². The van der Waals surface area contributed by atoms with Gasteiger partial charge < -0.3 is 15.0 Å². The monoisotopic (exact) mass is 372 g/mol. The normalized spacial score (nSPS) is 14.7. The number of para-hydroxylation sites is 2. The third kappa shape index (κ3) is 3.23. The Kier molecular flexibility index (Phi) is 4.61. The van der Waals surface area contributed by atoms with Crippen molar-refractivity contribution in [3.05, 3.63) is 58.4 Å². The second-order valence-electron chi connectivity index (χ2n) is 5.81. The zero-order chi connectivity index (χ0) is 17.2. The number of nitrogens with one attached hydrogen (secondary N) is 1. The molecule has 3 aromatic rings. The van der Waals surface area contributed by atoms with Crippen LogP contribution >= 0.6 is 22.9 Å². The maximum Gasteiger partial charge on any atom is 0.267 e. The topological polar surface area (TPSA) is 41.6 Å². The number of carbonyl (C=O) groups excluding carboxylic acids is 1. The van der Waals surface area contributed by atoms with Gasteiger partial charge in [-0.25, -0.2) is 0 Å². The molecule has 4 rings (SSSR count). The number of anilines is 2. The zero-order valence-corrected chi connectivity index (χ0v) is 15.1. The lowest BCUT2D eigenvalue weighted by atomic mass is 10.2. The first-order valence-electron chi connectivity index (χ1n) is 8.14. The molecule has 0 unspecified atom stereocenters. The second-order valence-corrected chi connectivity index (χ2v) is 7.24. The van der Waals surface area contributed by atoms with Crippen molar-refractivity contribution in [2.75, 3.05) is 36.5 Å². The molecule has 4 nitrogen and oxygen atoms in total. The summed E-state index contributed by atoms with van der Waals surface area (Å²) in [5.74, 6) is -0.174. The SMILES string of the molecule is O=C(Nc1ccccc1N1CCOCC1)c1sc2ccccc2c1Cl. The highest BCUT2D eigenvalue weighted by Crippen LogP contribution is 2.36. The molecule has 2 aromatic carbocycles. The van der Waals surface area contributed by atoms with Crippen molar-refractivity contribution in [1.29, 1.82) is 0 Å².